The summed E-state index contributed by atoms with van der Waals surface area (Å²) in [6, 6.07) is 0. The molecule has 0 rings (SSSR count). The molecule has 0 fully saturated rings. The number of carbonyl (C=O) groups excluding carboxylic acids is 2. The number of hydrogen-bond donors (Lipinski definition) is 2. The summed E-state index contributed by atoms with van der Waals surface area (Å²) in [5, 5.41) is 8.75. The van der Waals surface area contributed by atoms with E-state index in [-0.39, 0.29) is 36.2 Å². The standard InChI is InChI=1S/C17H34NO6PS2/c1-16(2,3)14(19)26-12-9-23-25(22,11-7-8-18-21)24-10-13-27-15(20)17(4,5)6/h18,21H,7-13H2,1-6H3. The molecular formula is C17H34NO6PS2. The first-order valence-corrected chi connectivity index (χ1v) is 12.6. The van der Waals surface area contributed by atoms with Crippen LogP contribution in [0.25, 0.3) is 0 Å². The average Bonchev–Trinajstić information content (AvgIpc) is 2.54. The molecule has 0 spiro atoms. The Morgan fingerprint density at radius 3 is 1.67 bits per heavy atom. The van der Waals surface area contributed by atoms with E-state index in [0.717, 1.165) is 23.5 Å². The topological polar surface area (TPSA) is 102 Å². The van der Waals surface area contributed by atoms with Crippen molar-refractivity contribution in [2.45, 2.75) is 48.0 Å². The van der Waals surface area contributed by atoms with E-state index >= 15 is 0 Å². The highest BCUT2D eigenvalue weighted by Crippen LogP contribution is 2.48. The minimum atomic E-state index is -3.35. The van der Waals surface area contributed by atoms with Crippen molar-refractivity contribution in [3.8, 4) is 0 Å². The maximum atomic E-state index is 12.8. The van der Waals surface area contributed by atoms with E-state index in [1.807, 2.05) is 47.0 Å². The van der Waals surface area contributed by atoms with Gasteiger partial charge in [-0.25, -0.2) is 5.48 Å². The van der Waals surface area contributed by atoms with Gasteiger partial charge in [-0.1, -0.05) is 65.1 Å². The molecule has 0 aliphatic rings. The van der Waals surface area contributed by atoms with Crippen LogP contribution in [0.5, 0.6) is 0 Å². The van der Waals surface area contributed by atoms with Crippen molar-refractivity contribution in [1.29, 1.82) is 0 Å². The molecule has 160 valence electrons. The average molecular weight is 444 g/mol. The Balaban J connectivity index is 4.43. The second-order valence-electron chi connectivity index (χ2n) is 8.03. The van der Waals surface area contributed by atoms with Gasteiger partial charge >= 0.3 is 7.60 Å². The lowest BCUT2D eigenvalue weighted by molar-refractivity contribution is -0.118. The van der Waals surface area contributed by atoms with E-state index < -0.39 is 18.4 Å². The molecular weight excluding hydrogens is 409 g/mol. The molecule has 0 bridgehead atoms. The predicted octanol–water partition coefficient (Wildman–Crippen LogP) is 4.19. The fraction of sp³-hybridized carbons (Fsp3) is 0.882. The summed E-state index contributed by atoms with van der Waals surface area (Å²) in [6.07, 6.45) is 0.562. The maximum absolute atomic E-state index is 12.8. The third-order valence-corrected chi connectivity index (χ3v) is 7.66. The molecule has 27 heavy (non-hydrogen) atoms. The SMILES string of the molecule is CC(C)(C)C(=O)SCCOP(=O)(CCCNO)OCCSC(=O)C(C)(C)C. The van der Waals surface area contributed by atoms with Gasteiger partial charge in [0.1, 0.15) is 0 Å². The molecule has 0 aromatic heterocycles. The fourth-order valence-corrected chi connectivity index (χ4v) is 5.01. The van der Waals surface area contributed by atoms with Gasteiger partial charge in [-0.05, 0) is 6.42 Å². The Kier molecular flexibility index (Phi) is 12.7. The number of thioether (sulfide) groups is 2. The maximum Gasteiger partial charge on any atom is 0.330 e. The minimum Gasteiger partial charge on any atom is -0.317 e. The highest BCUT2D eigenvalue weighted by Gasteiger charge is 2.26. The van der Waals surface area contributed by atoms with Gasteiger partial charge in [0.2, 0.25) is 0 Å². The summed E-state index contributed by atoms with van der Waals surface area (Å²) < 4.78 is 23.8. The van der Waals surface area contributed by atoms with Crippen molar-refractivity contribution in [2.24, 2.45) is 10.8 Å². The monoisotopic (exact) mass is 443 g/mol. The van der Waals surface area contributed by atoms with Gasteiger partial charge in [-0.2, -0.15) is 0 Å². The Hall–Kier alpha value is 0.110. The van der Waals surface area contributed by atoms with Crippen LogP contribution in [0.1, 0.15) is 48.0 Å². The van der Waals surface area contributed by atoms with Crippen molar-refractivity contribution >= 4 is 41.4 Å². The Bertz CT molecular complexity index is 479. The lowest BCUT2D eigenvalue weighted by Gasteiger charge is -2.20. The summed E-state index contributed by atoms with van der Waals surface area (Å²) >= 11 is 2.29. The van der Waals surface area contributed by atoms with E-state index in [1.165, 1.54) is 0 Å². The van der Waals surface area contributed by atoms with E-state index in [1.54, 1.807) is 0 Å². The summed E-state index contributed by atoms with van der Waals surface area (Å²) in [5.41, 5.74) is 1.14. The van der Waals surface area contributed by atoms with Gasteiger partial charge in [0.25, 0.3) is 0 Å². The van der Waals surface area contributed by atoms with Crippen LogP contribution in [0.3, 0.4) is 0 Å². The van der Waals surface area contributed by atoms with E-state index in [4.69, 9.17) is 14.3 Å². The molecule has 0 aromatic rings. The van der Waals surface area contributed by atoms with E-state index in [2.05, 4.69) is 0 Å². The van der Waals surface area contributed by atoms with Crippen LogP contribution in [0, 0.1) is 10.8 Å². The number of hydrogen-bond acceptors (Lipinski definition) is 9. The molecule has 0 saturated heterocycles. The summed E-state index contributed by atoms with van der Waals surface area (Å²) in [7, 11) is -3.35. The normalized spacial score (nSPS) is 13.0. The van der Waals surface area contributed by atoms with Gasteiger partial charge in [0, 0.05) is 28.9 Å². The van der Waals surface area contributed by atoms with E-state index in [0.29, 0.717) is 17.9 Å². The van der Waals surface area contributed by atoms with Crippen LogP contribution >= 0.6 is 31.1 Å². The van der Waals surface area contributed by atoms with Gasteiger partial charge in [0.15, 0.2) is 10.2 Å². The number of nitrogens with one attached hydrogen (secondary N) is 1. The van der Waals surface area contributed by atoms with Crippen molar-refractivity contribution in [3.63, 3.8) is 0 Å². The summed E-state index contributed by atoms with van der Waals surface area (Å²) in [4.78, 5) is 23.8. The van der Waals surface area contributed by atoms with Gasteiger partial charge < -0.3 is 14.3 Å². The van der Waals surface area contributed by atoms with Crippen molar-refractivity contribution in [1.82, 2.24) is 5.48 Å². The van der Waals surface area contributed by atoms with Crippen molar-refractivity contribution < 1.29 is 28.4 Å². The van der Waals surface area contributed by atoms with Gasteiger partial charge in [-0.3, -0.25) is 14.2 Å². The number of hydroxylamine groups is 1. The highest BCUT2D eigenvalue weighted by molar-refractivity contribution is 8.14. The molecule has 10 heteroatoms. The van der Waals surface area contributed by atoms with Crippen molar-refractivity contribution in [2.75, 3.05) is 37.4 Å². The molecule has 0 unspecified atom stereocenters. The van der Waals surface area contributed by atoms with Crippen LogP contribution in [0.4, 0.5) is 0 Å². The zero-order valence-electron chi connectivity index (χ0n) is 17.2. The van der Waals surface area contributed by atoms with Gasteiger partial charge in [-0.15, -0.1) is 0 Å². The van der Waals surface area contributed by atoms with Gasteiger partial charge in [0.05, 0.1) is 19.4 Å². The first-order chi connectivity index (χ1) is 12.3. The zero-order chi connectivity index (χ0) is 21.1. The largest absolute Gasteiger partial charge is 0.330 e. The Labute approximate surface area is 171 Å². The number of carbonyl (C=O) groups is 2. The first-order valence-electron chi connectivity index (χ1n) is 8.91. The summed E-state index contributed by atoms with van der Waals surface area (Å²) in [5.74, 6) is 0.776. The minimum absolute atomic E-state index is 0.0448. The van der Waals surface area contributed by atoms with Crippen LogP contribution in [-0.4, -0.2) is 52.9 Å². The molecule has 2 N–H and O–H groups in total. The third kappa shape index (κ3) is 13.0. The third-order valence-electron chi connectivity index (χ3n) is 3.15. The Morgan fingerprint density at radius 1 is 0.926 bits per heavy atom. The first kappa shape index (κ1) is 27.1. The predicted molar refractivity (Wildman–Crippen MR) is 113 cm³/mol. The smallest absolute Gasteiger partial charge is 0.317 e. The molecule has 0 radical (unpaired) electrons. The quantitative estimate of drug-likeness (QED) is 0.261. The number of rotatable bonds is 12. The molecule has 0 aliphatic heterocycles. The lowest BCUT2D eigenvalue weighted by atomic mass is 9.99. The molecule has 0 amide bonds. The van der Waals surface area contributed by atoms with Crippen LogP contribution in [0.2, 0.25) is 0 Å². The van der Waals surface area contributed by atoms with E-state index in [9.17, 15) is 14.2 Å². The fourth-order valence-electron chi connectivity index (χ4n) is 1.57. The molecule has 0 heterocycles. The highest BCUT2D eigenvalue weighted by atomic mass is 32.2. The lowest BCUT2D eigenvalue weighted by Crippen LogP contribution is -2.18. The van der Waals surface area contributed by atoms with Crippen LogP contribution in [0.15, 0.2) is 0 Å². The molecule has 7 nitrogen and oxygen atoms in total. The Morgan fingerprint density at radius 2 is 1.33 bits per heavy atom. The molecule has 0 aromatic carbocycles. The molecule has 0 saturated carbocycles. The zero-order valence-corrected chi connectivity index (χ0v) is 19.7. The van der Waals surface area contributed by atoms with Crippen molar-refractivity contribution in [3.05, 3.63) is 0 Å². The molecule has 0 atom stereocenters. The van der Waals surface area contributed by atoms with Crippen LogP contribution in [-0.2, 0) is 23.2 Å². The second kappa shape index (κ2) is 12.6. The summed E-state index contributed by atoms with van der Waals surface area (Å²) in [6.45, 7) is 11.6. The van der Waals surface area contributed by atoms with Crippen LogP contribution < -0.4 is 5.48 Å². The molecule has 0 aliphatic carbocycles. The second-order valence-corrected chi connectivity index (χ2v) is 12.4.